The minimum absolute atomic E-state index is 0.0136. The predicted octanol–water partition coefficient (Wildman–Crippen LogP) is 5.00. The predicted molar refractivity (Wildman–Crippen MR) is 170 cm³/mol. The molecule has 11 heteroatoms. The lowest BCUT2D eigenvalue weighted by atomic mass is 10.2. The summed E-state index contributed by atoms with van der Waals surface area (Å²) in [7, 11) is 2.12. The second-order valence-corrected chi connectivity index (χ2v) is 12.2. The first-order chi connectivity index (χ1) is 20.3. The molecule has 0 saturated carbocycles. The van der Waals surface area contributed by atoms with Gasteiger partial charge in [0.25, 0.3) is 0 Å². The Morgan fingerprint density at radius 2 is 1.67 bits per heavy atom. The van der Waals surface area contributed by atoms with Crippen LogP contribution in [0, 0.1) is 0 Å². The van der Waals surface area contributed by atoms with Crippen molar-refractivity contribution in [1.82, 2.24) is 20.1 Å². The van der Waals surface area contributed by atoms with Crippen LogP contribution >= 0.6 is 27.7 Å². The lowest BCUT2D eigenvalue weighted by Gasteiger charge is -2.32. The molecule has 4 rings (SSSR count). The van der Waals surface area contributed by atoms with Crippen molar-refractivity contribution in [1.29, 1.82) is 0 Å². The number of rotatable bonds is 13. The maximum atomic E-state index is 12.8. The number of benzene rings is 2. The van der Waals surface area contributed by atoms with Crippen LogP contribution in [0.1, 0.15) is 31.4 Å². The highest BCUT2D eigenvalue weighted by atomic mass is 79.9. The molecule has 0 bridgehead atoms. The van der Waals surface area contributed by atoms with Crippen LogP contribution in [0.2, 0.25) is 0 Å². The number of carbonyl (C=O) groups is 3. The maximum Gasteiger partial charge on any atom is 0.225 e. The van der Waals surface area contributed by atoms with Gasteiger partial charge in [0.05, 0.1) is 17.9 Å². The molecular formula is C31H37BrN6O3S. The number of piperazine rings is 1. The Labute approximate surface area is 260 Å². The molecular weight excluding hydrogens is 616 g/mol. The summed E-state index contributed by atoms with van der Waals surface area (Å²) in [5, 5.41) is 8.84. The van der Waals surface area contributed by atoms with Gasteiger partial charge < -0.3 is 25.8 Å². The number of halogens is 1. The highest BCUT2D eigenvalue weighted by Crippen LogP contribution is 2.36. The molecule has 9 nitrogen and oxygen atoms in total. The number of carbonyl (C=O) groups excluding carboxylic acids is 3. The molecule has 0 unspecified atom stereocenters. The second kappa shape index (κ2) is 16.4. The summed E-state index contributed by atoms with van der Waals surface area (Å²) in [4.78, 5) is 48.1. The van der Waals surface area contributed by atoms with Gasteiger partial charge in [-0.2, -0.15) is 0 Å². The van der Waals surface area contributed by atoms with Gasteiger partial charge in [0.15, 0.2) is 0 Å². The smallest absolute Gasteiger partial charge is 0.225 e. The SMILES string of the molecule is CN1CCN(CCC(=O)Nc2cc(Br)ccc2Sc2cccc(NC(=O)CCCC(=O)NCc3ccccn3)c2)CC1. The Morgan fingerprint density at radius 1 is 0.881 bits per heavy atom. The lowest BCUT2D eigenvalue weighted by molar-refractivity contribution is -0.121. The van der Waals surface area contributed by atoms with Crippen LogP contribution in [0.5, 0.6) is 0 Å². The van der Waals surface area contributed by atoms with Crippen LogP contribution in [0.4, 0.5) is 11.4 Å². The minimum atomic E-state index is -0.147. The molecule has 1 aromatic heterocycles. The van der Waals surface area contributed by atoms with E-state index in [9.17, 15) is 14.4 Å². The van der Waals surface area contributed by atoms with Crippen molar-refractivity contribution >= 4 is 56.8 Å². The molecule has 0 aliphatic carbocycles. The number of likely N-dealkylation sites (N-methyl/N-ethyl adjacent to an activating group) is 1. The van der Waals surface area contributed by atoms with Crippen molar-refractivity contribution in [3.8, 4) is 0 Å². The van der Waals surface area contributed by atoms with Crippen molar-refractivity contribution < 1.29 is 14.4 Å². The zero-order valence-electron chi connectivity index (χ0n) is 23.8. The summed E-state index contributed by atoms with van der Waals surface area (Å²) < 4.78 is 0.882. The Hall–Kier alpha value is -3.25. The van der Waals surface area contributed by atoms with E-state index in [1.54, 1.807) is 6.20 Å². The number of amides is 3. The van der Waals surface area contributed by atoms with Crippen LogP contribution in [0.15, 0.2) is 81.1 Å². The third-order valence-electron chi connectivity index (χ3n) is 6.81. The zero-order valence-corrected chi connectivity index (χ0v) is 26.2. The van der Waals surface area contributed by atoms with Gasteiger partial charge in [0.1, 0.15) is 0 Å². The number of hydrogen-bond donors (Lipinski definition) is 3. The molecule has 1 aliphatic rings. The minimum Gasteiger partial charge on any atom is -0.350 e. The average Bonchev–Trinajstić information content (AvgIpc) is 2.98. The Morgan fingerprint density at radius 3 is 2.45 bits per heavy atom. The molecule has 3 amide bonds. The molecule has 2 heterocycles. The fourth-order valence-electron chi connectivity index (χ4n) is 4.41. The van der Waals surface area contributed by atoms with Crippen LogP contribution in [0.25, 0.3) is 0 Å². The summed E-state index contributed by atoms with van der Waals surface area (Å²) in [5.74, 6) is -0.268. The quantitative estimate of drug-likeness (QED) is 0.239. The molecule has 0 atom stereocenters. The number of aromatic nitrogens is 1. The molecule has 0 radical (unpaired) electrons. The molecule has 222 valence electrons. The summed E-state index contributed by atoms with van der Waals surface area (Å²) in [6.45, 7) is 5.13. The third-order valence-corrected chi connectivity index (χ3v) is 8.37. The van der Waals surface area contributed by atoms with Crippen LogP contribution < -0.4 is 16.0 Å². The van der Waals surface area contributed by atoms with E-state index < -0.39 is 0 Å². The van der Waals surface area contributed by atoms with Gasteiger partial charge in [0.2, 0.25) is 17.7 Å². The first kappa shape index (κ1) is 31.7. The van der Waals surface area contributed by atoms with Crippen molar-refractivity contribution in [2.45, 2.75) is 42.0 Å². The molecule has 3 aromatic rings. The molecule has 0 spiro atoms. The normalized spacial score (nSPS) is 13.9. The first-order valence-corrected chi connectivity index (χ1v) is 15.7. The first-order valence-electron chi connectivity index (χ1n) is 14.1. The summed E-state index contributed by atoms with van der Waals surface area (Å²) in [6, 6.07) is 19.0. The second-order valence-electron chi connectivity index (χ2n) is 10.2. The highest BCUT2D eigenvalue weighted by molar-refractivity contribution is 9.10. The Balaban J connectivity index is 1.24. The van der Waals surface area contributed by atoms with Gasteiger partial charge in [-0.05, 0) is 62.0 Å². The van der Waals surface area contributed by atoms with Crippen LogP contribution in [0.3, 0.4) is 0 Å². The Bertz CT molecular complexity index is 1350. The van der Waals surface area contributed by atoms with E-state index >= 15 is 0 Å². The maximum absolute atomic E-state index is 12.8. The van der Waals surface area contributed by atoms with Crippen molar-refractivity contribution in [3.63, 3.8) is 0 Å². The topological polar surface area (TPSA) is 107 Å². The van der Waals surface area contributed by atoms with Gasteiger partial charge in [-0.15, -0.1) is 0 Å². The van der Waals surface area contributed by atoms with E-state index in [0.29, 0.717) is 25.1 Å². The summed E-state index contributed by atoms with van der Waals surface area (Å²) in [6.07, 6.45) is 3.08. The van der Waals surface area contributed by atoms with Gasteiger partial charge in [-0.3, -0.25) is 19.4 Å². The highest BCUT2D eigenvalue weighted by Gasteiger charge is 2.16. The number of nitrogens with one attached hydrogen (secondary N) is 3. The molecule has 42 heavy (non-hydrogen) atoms. The van der Waals surface area contributed by atoms with E-state index in [0.717, 1.165) is 58.4 Å². The number of pyridine rings is 1. The Kier molecular flexibility index (Phi) is 12.4. The zero-order chi connectivity index (χ0) is 29.7. The number of nitrogens with zero attached hydrogens (tertiary/aromatic N) is 3. The van der Waals surface area contributed by atoms with Gasteiger partial charge >= 0.3 is 0 Å². The van der Waals surface area contributed by atoms with Crippen molar-refractivity contribution in [3.05, 3.63) is 77.0 Å². The number of hydrogen-bond acceptors (Lipinski definition) is 7. The largest absolute Gasteiger partial charge is 0.350 e. The van der Waals surface area contributed by atoms with E-state index in [1.807, 2.05) is 60.7 Å². The summed E-state index contributed by atoms with van der Waals surface area (Å²) in [5.41, 5.74) is 2.22. The van der Waals surface area contributed by atoms with E-state index in [2.05, 4.69) is 53.7 Å². The lowest BCUT2D eigenvalue weighted by Crippen LogP contribution is -2.45. The third kappa shape index (κ3) is 10.9. The molecule has 1 saturated heterocycles. The fourth-order valence-corrected chi connectivity index (χ4v) is 5.71. The molecule has 2 aromatic carbocycles. The van der Waals surface area contributed by atoms with Crippen LogP contribution in [-0.4, -0.2) is 72.3 Å². The van der Waals surface area contributed by atoms with Gasteiger partial charge in [-0.1, -0.05) is 39.8 Å². The van der Waals surface area contributed by atoms with E-state index in [4.69, 9.17) is 0 Å². The van der Waals surface area contributed by atoms with E-state index in [-0.39, 0.29) is 30.6 Å². The molecule has 3 N–H and O–H groups in total. The standard InChI is InChI=1S/C31H37BrN6O3S/c1-37-16-18-38(19-17-37)15-13-31(41)36-27-20-23(32)11-12-28(27)42-26-8-4-7-24(21-26)35-30(40)10-5-9-29(39)34-22-25-6-2-3-14-33-25/h2-4,6-8,11-12,14,20-21H,5,9-10,13,15-19,22H2,1H3,(H,34,39)(H,35,40)(H,36,41). The molecule has 1 fully saturated rings. The summed E-state index contributed by atoms with van der Waals surface area (Å²) >= 11 is 5.03. The number of anilines is 2. The van der Waals surface area contributed by atoms with Crippen molar-refractivity contribution in [2.24, 2.45) is 0 Å². The average molecular weight is 654 g/mol. The fraction of sp³-hybridized carbons (Fsp3) is 0.355. The van der Waals surface area contributed by atoms with Crippen molar-refractivity contribution in [2.75, 3.05) is 50.4 Å². The molecule has 1 aliphatic heterocycles. The van der Waals surface area contributed by atoms with Crippen LogP contribution in [-0.2, 0) is 20.9 Å². The monoisotopic (exact) mass is 652 g/mol. The van der Waals surface area contributed by atoms with Gasteiger partial charge in [-0.25, -0.2) is 0 Å². The van der Waals surface area contributed by atoms with E-state index in [1.165, 1.54) is 11.8 Å². The van der Waals surface area contributed by atoms with Gasteiger partial charge in [0, 0.05) is 78.1 Å².